The smallest absolute Gasteiger partial charge is 0.134 e. The molecule has 0 saturated heterocycles. The number of hydrogen-bond donors (Lipinski definition) is 0. The lowest BCUT2D eigenvalue weighted by Crippen LogP contribution is -2.40. The fourth-order valence-corrected chi connectivity index (χ4v) is 3.46. The van der Waals surface area contributed by atoms with E-state index in [0.29, 0.717) is 18.6 Å². The summed E-state index contributed by atoms with van der Waals surface area (Å²) in [4.78, 5) is 11.2. The van der Waals surface area contributed by atoms with Gasteiger partial charge in [-0.05, 0) is 11.8 Å². The molecule has 0 aliphatic heterocycles. The summed E-state index contributed by atoms with van der Waals surface area (Å²) < 4.78 is 11.7. The second-order valence-corrected chi connectivity index (χ2v) is 6.30. The van der Waals surface area contributed by atoms with Crippen molar-refractivity contribution < 1.29 is 9.00 Å². The molecule has 1 rings (SSSR count). The van der Waals surface area contributed by atoms with Crippen LogP contribution in [-0.4, -0.2) is 21.0 Å². The van der Waals surface area contributed by atoms with Crippen LogP contribution in [0, 0.1) is 5.41 Å². The van der Waals surface area contributed by atoms with E-state index < -0.39 is 10.8 Å². The topological polar surface area (TPSA) is 34.1 Å². The Bertz CT molecular complexity index is 233. The van der Waals surface area contributed by atoms with E-state index in [1.807, 2.05) is 6.92 Å². The van der Waals surface area contributed by atoms with E-state index in [-0.39, 0.29) is 16.4 Å². The lowest BCUT2D eigenvalue weighted by molar-refractivity contribution is -0.121. The van der Waals surface area contributed by atoms with Crippen LogP contribution in [0.15, 0.2) is 0 Å². The molecule has 0 amide bonds. The lowest BCUT2D eigenvalue weighted by Gasteiger charge is -2.36. The third-order valence-electron chi connectivity index (χ3n) is 2.93. The highest BCUT2D eigenvalue weighted by atomic mass is 32.2. The Kier molecular flexibility index (Phi) is 3.28. The Labute approximate surface area is 82.6 Å². The van der Waals surface area contributed by atoms with Gasteiger partial charge < -0.3 is 0 Å². The van der Waals surface area contributed by atoms with Crippen molar-refractivity contribution in [3.8, 4) is 0 Å². The Morgan fingerprint density at radius 1 is 1.54 bits per heavy atom. The van der Waals surface area contributed by atoms with Gasteiger partial charge in [-0.2, -0.15) is 0 Å². The van der Waals surface area contributed by atoms with Crippen molar-refractivity contribution in [1.29, 1.82) is 0 Å². The standard InChI is InChI=1S/C10H18O2S/c1-4-13(12)9-7-8(11)5-6-10(9,2)3/h9H,4-7H2,1-3H3. The first-order valence-electron chi connectivity index (χ1n) is 4.86. The highest BCUT2D eigenvalue weighted by Gasteiger charge is 2.38. The average Bonchev–Trinajstić information content (AvgIpc) is 2.08. The number of ketones is 1. The summed E-state index contributed by atoms with van der Waals surface area (Å²) in [7, 11) is -0.824. The molecule has 13 heavy (non-hydrogen) atoms. The third-order valence-corrected chi connectivity index (χ3v) is 4.94. The van der Waals surface area contributed by atoms with Gasteiger partial charge in [-0.1, -0.05) is 20.8 Å². The van der Waals surface area contributed by atoms with Crippen LogP contribution < -0.4 is 0 Å². The molecule has 0 N–H and O–H groups in total. The number of hydrogen-bond acceptors (Lipinski definition) is 2. The molecule has 2 unspecified atom stereocenters. The van der Waals surface area contributed by atoms with Crippen LogP contribution in [0.2, 0.25) is 0 Å². The molecule has 1 saturated carbocycles. The number of Topliss-reactive ketones (excluding diaryl/α,β-unsaturated/α-hetero) is 1. The second kappa shape index (κ2) is 3.91. The third kappa shape index (κ3) is 2.39. The molecule has 2 atom stereocenters. The fraction of sp³-hybridized carbons (Fsp3) is 0.900. The minimum atomic E-state index is -0.824. The van der Waals surface area contributed by atoms with Gasteiger partial charge >= 0.3 is 0 Å². The Morgan fingerprint density at radius 2 is 2.15 bits per heavy atom. The molecule has 1 fully saturated rings. The van der Waals surface area contributed by atoms with Gasteiger partial charge in [0.15, 0.2) is 0 Å². The minimum absolute atomic E-state index is 0.0782. The second-order valence-electron chi connectivity index (χ2n) is 4.39. The molecule has 0 radical (unpaired) electrons. The van der Waals surface area contributed by atoms with Gasteiger partial charge in [-0.3, -0.25) is 9.00 Å². The van der Waals surface area contributed by atoms with Crippen LogP contribution in [0.3, 0.4) is 0 Å². The number of carbonyl (C=O) groups is 1. The normalized spacial score (nSPS) is 30.1. The summed E-state index contributed by atoms with van der Waals surface area (Å²) in [6.07, 6.45) is 2.08. The van der Waals surface area contributed by atoms with Crippen molar-refractivity contribution in [3.63, 3.8) is 0 Å². The monoisotopic (exact) mass is 202 g/mol. The maximum Gasteiger partial charge on any atom is 0.134 e. The number of rotatable bonds is 2. The molecule has 0 spiro atoms. The molecule has 3 heteroatoms. The Hall–Kier alpha value is -0.180. The maximum atomic E-state index is 11.7. The van der Waals surface area contributed by atoms with Crippen molar-refractivity contribution in [2.24, 2.45) is 5.41 Å². The van der Waals surface area contributed by atoms with Crippen molar-refractivity contribution >= 4 is 16.6 Å². The molecule has 1 aliphatic rings. The average molecular weight is 202 g/mol. The molecular formula is C10H18O2S. The lowest BCUT2D eigenvalue weighted by atomic mass is 9.76. The Morgan fingerprint density at radius 3 is 2.69 bits per heavy atom. The highest BCUT2D eigenvalue weighted by Crippen LogP contribution is 2.37. The first kappa shape index (κ1) is 10.9. The molecule has 1 aliphatic carbocycles. The zero-order valence-corrected chi connectivity index (χ0v) is 9.45. The van der Waals surface area contributed by atoms with Crippen molar-refractivity contribution in [3.05, 3.63) is 0 Å². The molecule has 0 aromatic carbocycles. The molecule has 0 heterocycles. The predicted molar refractivity (Wildman–Crippen MR) is 55.1 cm³/mol. The van der Waals surface area contributed by atoms with Gasteiger partial charge in [0, 0.05) is 34.6 Å². The maximum absolute atomic E-state index is 11.7. The molecule has 0 aromatic heterocycles. The van der Waals surface area contributed by atoms with E-state index >= 15 is 0 Å². The minimum Gasteiger partial charge on any atom is -0.300 e. The summed E-state index contributed by atoms with van der Waals surface area (Å²) >= 11 is 0. The van der Waals surface area contributed by atoms with E-state index in [0.717, 1.165) is 6.42 Å². The first-order chi connectivity index (χ1) is 5.97. The van der Waals surface area contributed by atoms with E-state index in [2.05, 4.69) is 13.8 Å². The van der Waals surface area contributed by atoms with Crippen LogP contribution in [0.25, 0.3) is 0 Å². The number of carbonyl (C=O) groups excluding carboxylic acids is 1. The van der Waals surface area contributed by atoms with Gasteiger partial charge in [0.05, 0.1) is 0 Å². The van der Waals surface area contributed by atoms with Crippen LogP contribution in [-0.2, 0) is 15.6 Å². The van der Waals surface area contributed by atoms with E-state index in [1.54, 1.807) is 0 Å². The van der Waals surface area contributed by atoms with Crippen molar-refractivity contribution in [2.75, 3.05) is 5.75 Å². The zero-order valence-electron chi connectivity index (χ0n) is 8.63. The van der Waals surface area contributed by atoms with Gasteiger partial charge in [0.25, 0.3) is 0 Å². The fourth-order valence-electron chi connectivity index (χ4n) is 1.86. The van der Waals surface area contributed by atoms with Crippen molar-refractivity contribution in [2.45, 2.75) is 45.3 Å². The van der Waals surface area contributed by atoms with Crippen LogP contribution in [0.5, 0.6) is 0 Å². The summed E-state index contributed by atoms with van der Waals surface area (Å²) in [6.45, 7) is 6.17. The predicted octanol–water partition coefficient (Wildman–Crippen LogP) is 1.90. The van der Waals surface area contributed by atoms with Gasteiger partial charge in [0.2, 0.25) is 0 Å². The van der Waals surface area contributed by atoms with Gasteiger partial charge in [0.1, 0.15) is 5.78 Å². The van der Waals surface area contributed by atoms with Crippen molar-refractivity contribution in [1.82, 2.24) is 0 Å². The summed E-state index contributed by atoms with van der Waals surface area (Å²) in [6, 6.07) is 0. The first-order valence-corrected chi connectivity index (χ1v) is 6.24. The van der Waals surface area contributed by atoms with Gasteiger partial charge in [-0.15, -0.1) is 0 Å². The van der Waals surface area contributed by atoms with Crippen LogP contribution in [0.1, 0.15) is 40.0 Å². The SMILES string of the molecule is CCS(=O)C1CC(=O)CCC1(C)C. The molecule has 76 valence electrons. The van der Waals surface area contributed by atoms with Crippen LogP contribution >= 0.6 is 0 Å². The summed E-state index contributed by atoms with van der Waals surface area (Å²) in [5.74, 6) is 0.951. The molecular weight excluding hydrogens is 184 g/mol. The van der Waals surface area contributed by atoms with E-state index in [1.165, 1.54) is 0 Å². The largest absolute Gasteiger partial charge is 0.300 e. The summed E-state index contributed by atoms with van der Waals surface area (Å²) in [5, 5.41) is 0.0822. The molecule has 0 aromatic rings. The highest BCUT2D eigenvalue weighted by molar-refractivity contribution is 7.85. The molecule has 2 nitrogen and oxygen atoms in total. The van der Waals surface area contributed by atoms with Gasteiger partial charge in [-0.25, -0.2) is 0 Å². The zero-order chi connectivity index (χ0) is 10.1. The summed E-state index contributed by atoms with van der Waals surface area (Å²) in [5.41, 5.74) is 0.0782. The quantitative estimate of drug-likeness (QED) is 0.685. The van der Waals surface area contributed by atoms with E-state index in [9.17, 15) is 9.00 Å². The van der Waals surface area contributed by atoms with Crippen LogP contribution in [0.4, 0.5) is 0 Å². The van der Waals surface area contributed by atoms with E-state index in [4.69, 9.17) is 0 Å². The molecule has 0 bridgehead atoms. The Balaban J connectivity index is 2.77.